The van der Waals surface area contributed by atoms with E-state index in [-0.39, 0.29) is 5.12 Å². The first-order valence-corrected chi connectivity index (χ1v) is 3.66. The van der Waals surface area contributed by atoms with E-state index in [1.165, 1.54) is 0 Å². The fraction of sp³-hybridized carbons (Fsp3) is 0.800. The van der Waals surface area contributed by atoms with Crippen molar-refractivity contribution in [2.24, 2.45) is 0 Å². The van der Waals surface area contributed by atoms with Crippen LogP contribution in [0.25, 0.3) is 0 Å². The van der Waals surface area contributed by atoms with Gasteiger partial charge in [-0.3, -0.25) is 4.79 Å². The molecule has 0 fully saturated rings. The maximum Gasteiger partial charge on any atom is 0.219 e. The van der Waals surface area contributed by atoms with Gasteiger partial charge in [0.25, 0.3) is 0 Å². The van der Waals surface area contributed by atoms with E-state index in [0.717, 1.165) is 11.8 Å². The van der Waals surface area contributed by atoms with Gasteiger partial charge in [-0.15, -0.1) is 0 Å². The zero-order valence-electron chi connectivity index (χ0n) is 5.20. The Balaban J connectivity index is 3.46. The van der Waals surface area contributed by atoms with Crippen LogP contribution < -0.4 is 0 Å². The van der Waals surface area contributed by atoms with E-state index >= 15 is 0 Å². The molecule has 3 nitrogen and oxygen atoms in total. The number of hydrogen-bond donors (Lipinski definition) is 2. The second-order valence-corrected chi connectivity index (χ2v) is 2.72. The van der Waals surface area contributed by atoms with Crippen LogP contribution in [-0.4, -0.2) is 33.8 Å². The highest BCUT2D eigenvalue weighted by molar-refractivity contribution is 8.13. The Hall–Kier alpha value is -0.0600. The number of hydrogen-bond acceptors (Lipinski definition) is 4. The highest BCUT2D eigenvalue weighted by Crippen LogP contribution is 2.03. The van der Waals surface area contributed by atoms with Gasteiger partial charge in [-0.2, -0.15) is 0 Å². The minimum absolute atomic E-state index is 0.361. The van der Waals surface area contributed by atoms with Crippen LogP contribution in [0.3, 0.4) is 0 Å². The summed E-state index contributed by atoms with van der Waals surface area (Å²) in [5.41, 5.74) is 0. The lowest BCUT2D eigenvalue weighted by Gasteiger charge is -2.01. The zero-order chi connectivity index (χ0) is 7.28. The van der Waals surface area contributed by atoms with Crippen molar-refractivity contribution < 1.29 is 15.0 Å². The molecular formula is C5H10O3S. The molecule has 0 aliphatic rings. The smallest absolute Gasteiger partial charge is 0.219 e. The molecule has 0 rings (SSSR count). The van der Waals surface area contributed by atoms with Gasteiger partial charge in [-0.1, -0.05) is 18.7 Å². The molecule has 0 saturated carbocycles. The minimum atomic E-state index is -1.20. The van der Waals surface area contributed by atoms with Gasteiger partial charge in [0.1, 0.15) is 6.10 Å². The number of rotatable bonds is 3. The standard InChI is InChI=1S/C5H10O3S/c1-2-9-5(8)4(7)3-6/h4,6-7H,2-3H2,1H3. The summed E-state index contributed by atoms with van der Waals surface area (Å²) in [6, 6.07) is 0. The van der Waals surface area contributed by atoms with E-state index < -0.39 is 12.7 Å². The molecule has 0 aromatic rings. The van der Waals surface area contributed by atoms with Crippen molar-refractivity contribution in [3.63, 3.8) is 0 Å². The summed E-state index contributed by atoms with van der Waals surface area (Å²) < 4.78 is 0. The highest BCUT2D eigenvalue weighted by Gasteiger charge is 2.11. The Labute approximate surface area is 58.1 Å². The van der Waals surface area contributed by atoms with Gasteiger partial charge >= 0.3 is 0 Å². The van der Waals surface area contributed by atoms with E-state index in [9.17, 15) is 4.79 Å². The molecule has 1 atom stereocenters. The predicted molar refractivity (Wildman–Crippen MR) is 36.2 cm³/mol. The predicted octanol–water partition coefficient (Wildman–Crippen LogP) is -0.381. The molecule has 4 heteroatoms. The van der Waals surface area contributed by atoms with Crippen molar-refractivity contribution >= 4 is 16.9 Å². The first-order valence-electron chi connectivity index (χ1n) is 2.68. The van der Waals surface area contributed by atoms with Crippen LogP contribution in [0, 0.1) is 0 Å². The third-order valence-electron chi connectivity index (χ3n) is 0.732. The third-order valence-corrected chi connectivity index (χ3v) is 1.58. The van der Waals surface area contributed by atoms with Crippen LogP contribution in [0.2, 0.25) is 0 Å². The Bertz CT molecular complexity index is 94.2. The minimum Gasteiger partial charge on any atom is -0.393 e. The van der Waals surface area contributed by atoms with Crippen molar-refractivity contribution in [1.82, 2.24) is 0 Å². The van der Waals surface area contributed by atoms with Crippen molar-refractivity contribution in [3.8, 4) is 0 Å². The van der Waals surface area contributed by atoms with E-state index in [1.807, 2.05) is 6.92 Å². The molecule has 0 aliphatic heterocycles. The van der Waals surface area contributed by atoms with Crippen molar-refractivity contribution in [3.05, 3.63) is 0 Å². The fourth-order valence-electron chi connectivity index (χ4n) is 0.313. The zero-order valence-corrected chi connectivity index (χ0v) is 6.02. The number of aliphatic hydroxyl groups excluding tert-OH is 2. The number of aliphatic hydroxyl groups is 2. The molecule has 0 bridgehead atoms. The summed E-state index contributed by atoms with van der Waals surface area (Å²) in [5, 5.41) is 16.5. The molecule has 0 saturated heterocycles. The van der Waals surface area contributed by atoms with Gasteiger partial charge < -0.3 is 10.2 Å². The molecule has 1 unspecified atom stereocenters. The Kier molecular flexibility index (Phi) is 4.75. The van der Waals surface area contributed by atoms with Crippen molar-refractivity contribution in [2.75, 3.05) is 12.4 Å². The van der Waals surface area contributed by atoms with E-state index in [0.29, 0.717) is 5.75 Å². The lowest BCUT2D eigenvalue weighted by Crippen LogP contribution is -2.21. The summed E-state index contributed by atoms with van der Waals surface area (Å²) in [6.45, 7) is 1.33. The second-order valence-electron chi connectivity index (χ2n) is 1.45. The van der Waals surface area contributed by atoms with E-state index in [4.69, 9.17) is 10.2 Å². The summed E-state index contributed by atoms with van der Waals surface area (Å²) in [4.78, 5) is 10.5. The maximum atomic E-state index is 10.5. The van der Waals surface area contributed by atoms with Crippen LogP contribution in [0.1, 0.15) is 6.92 Å². The molecule has 0 aromatic carbocycles. The van der Waals surface area contributed by atoms with Gasteiger partial charge in [0.15, 0.2) is 0 Å². The largest absolute Gasteiger partial charge is 0.393 e. The van der Waals surface area contributed by atoms with Gasteiger partial charge in [-0.05, 0) is 5.75 Å². The van der Waals surface area contributed by atoms with Gasteiger partial charge in [0.2, 0.25) is 5.12 Å². The molecule has 0 aliphatic carbocycles. The lowest BCUT2D eigenvalue weighted by atomic mass is 10.4. The van der Waals surface area contributed by atoms with Crippen LogP contribution in [0.4, 0.5) is 0 Å². The summed E-state index contributed by atoms with van der Waals surface area (Å²) in [6.07, 6.45) is -1.20. The molecule has 0 spiro atoms. The summed E-state index contributed by atoms with van der Waals surface area (Å²) in [5.74, 6) is 0.635. The number of carbonyl (C=O) groups excluding carboxylic acids is 1. The Morgan fingerprint density at radius 3 is 2.67 bits per heavy atom. The summed E-state index contributed by atoms with van der Waals surface area (Å²) >= 11 is 1.02. The molecular weight excluding hydrogens is 140 g/mol. The average molecular weight is 150 g/mol. The molecule has 2 N–H and O–H groups in total. The van der Waals surface area contributed by atoms with E-state index in [1.54, 1.807) is 0 Å². The first kappa shape index (κ1) is 8.94. The quantitative estimate of drug-likeness (QED) is 0.575. The average Bonchev–Trinajstić information content (AvgIpc) is 1.87. The molecule has 9 heavy (non-hydrogen) atoms. The monoisotopic (exact) mass is 150 g/mol. The van der Waals surface area contributed by atoms with Crippen molar-refractivity contribution in [2.45, 2.75) is 13.0 Å². The summed E-state index contributed by atoms with van der Waals surface area (Å²) in [7, 11) is 0. The van der Waals surface area contributed by atoms with Gasteiger partial charge in [0, 0.05) is 0 Å². The molecule has 0 heterocycles. The number of thioether (sulfide) groups is 1. The van der Waals surface area contributed by atoms with Gasteiger partial charge in [-0.25, -0.2) is 0 Å². The van der Waals surface area contributed by atoms with Crippen LogP contribution in [-0.2, 0) is 4.79 Å². The van der Waals surface area contributed by atoms with Crippen LogP contribution in [0.5, 0.6) is 0 Å². The normalized spacial score (nSPS) is 13.2. The Morgan fingerprint density at radius 1 is 1.78 bits per heavy atom. The topological polar surface area (TPSA) is 57.5 Å². The molecule has 0 amide bonds. The molecule has 0 radical (unpaired) electrons. The van der Waals surface area contributed by atoms with E-state index in [2.05, 4.69) is 0 Å². The second kappa shape index (κ2) is 4.78. The Morgan fingerprint density at radius 2 is 2.33 bits per heavy atom. The fourth-order valence-corrected chi connectivity index (χ4v) is 0.864. The van der Waals surface area contributed by atoms with Crippen LogP contribution >= 0.6 is 11.8 Å². The third kappa shape index (κ3) is 3.51. The number of carbonyl (C=O) groups is 1. The molecule has 0 aromatic heterocycles. The first-order chi connectivity index (χ1) is 4.22. The highest BCUT2D eigenvalue weighted by atomic mass is 32.2. The SMILES string of the molecule is CCSC(=O)C(O)CO. The van der Waals surface area contributed by atoms with Crippen LogP contribution in [0.15, 0.2) is 0 Å². The van der Waals surface area contributed by atoms with Crippen molar-refractivity contribution in [1.29, 1.82) is 0 Å². The van der Waals surface area contributed by atoms with Gasteiger partial charge in [0.05, 0.1) is 6.61 Å². The molecule has 54 valence electrons. The maximum absolute atomic E-state index is 10.5. The lowest BCUT2D eigenvalue weighted by molar-refractivity contribution is -0.119.